The number of hydrogen-bond donors (Lipinski definition) is 2. The van der Waals surface area contributed by atoms with E-state index in [1.165, 1.54) is 12.1 Å². The monoisotopic (exact) mass is 270 g/mol. The Morgan fingerprint density at radius 1 is 1.56 bits per heavy atom. The topological polar surface area (TPSA) is 81.4 Å². The fourth-order valence-corrected chi connectivity index (χ4v) is 2.76. The van der Waals surface area contributed by atoms with Crippen LogP contribution < -0.4 is 15.2 Å². The van der Waals surface area contributed by atoms with Crippen molar-refractivity contribution in [3.8, 4) is 5.75 Å². The molecule has 100 valence electrons. The SMILES string of the molecule is C=CC(C)NS(=O)(=O)c1cc(N)ccc1OCC. The average Bonchev–Trinajstić information content (AvgIpc) is 2.31. The van der Waals surface area contributed by atoms with Crippen LogP contribution in [0.25, 0.3) is 0 Å². The molecule has 1 rings (SSSR count). The molecular formula is C12H18N2O3S. The molecule has 0 saturated carbocycles. The lowest BCUT2D eigenvalue weighted by molar-refractivity contribution is 0.331. The van der Waals surface area contributed by atoms with Gasteiger partial charge in [-0.15, -0.1) is 6.58 Å². The molecule has 0 aliphatic rings. The van der Waals surface area contributed by atoms with Gasteiger partial charge in [0, 0.05) is 11.7 Å². The van der Waals surface area contributed by atoms with Crippen molar-refractivity contribution in [2.45, 2.75) is 24.8 Å². The highest BCUT2D eigenvalue weighted by Crippen LogP contribution is 2.26. The minimum atomic E-state index is -3.67. The molecule has 5 nitrogen and oxygen atoms in total. The van der Waals surface area contributed by atoms with Gasteiger partial charge in [0.1, 0.15) is 10.6 Å². The summed E-state index contributed by atoms with van der Waals surface area (Å²) in [6.45, 7) is 7.39. The number of anilines is 1. The molecule has 1 aromatic carbocycles. The van der Waals surface area contributed by atoms with Gasteiger partial charge in [0.25, 0.3) is 0 Å². The largest absolute Gasteiger partial charge is 0.492 e. The fraction of sp³-hybridized carbons (Fsp3) is 0.333. The van der Waals surface area contributed by atoms with Gasteiger partial charge in [0.05, 0.1) is 6.61 Å². The maximum atomic E-state index is 12.2. The number of nitrogens with one attached hydrogen (secondary N) is 1. The van der Waals surface area contributed by atoms with Gasteiger partial charge in [-0.25, -0.2) is 13.1 Å². The molecule has 1 atom stereocenters. The molecule has 0 spiro atoms. The predicted molar refractivity (Wildman–Crippen MR) is 72.0 cm³/mol. The van der Waals surface area contributed by atoms with Gasteiger partial charge in [-0.1, -0.05) is 6.08 Å². The number of rotatable bonds is 6. The Balaban J connectivity index is 3.21. The van der Waals surface area contributed by atoms with Gasteiger partial charge < -0.3 is 10.5 Å². The summed E-state index contributed by atoms with van der Waals surface area (Å²) in [6.07, 6.45) is 1.50. The number of benzene rings is 1. The van der Waals surface area contributed by atoms with E-state index in [9.17, 15) is 8.42 Å². The van der Waals surface area contributed by atoms with Crippen LogP contribution in [0.2, 0.25) is 0 Å². The van der Waals surface area contributed by atoms with Gasteiger partial charge in [0.15, 0.2) is 0 Å². The van der Waals surface area contributed by atoms with Gasteiger partial charge in [-0.3, -0.25) is 0 Å². The molecule has 0 aromatic heterocycles. The van der Waals surface area contributed by atoms with Crippen LogP contribution in [0, 0.1) is 0 Å². The van der Waals surface area contributed by atoms with E-state index in [1.54, 1.807) is 26.0 Å². The van der Waals surface area contributed by atoms with Crippen molar-refractivity contribution in [2.75, 3.05) is 12.3 Å². The second-order valence-corrected chi connectivity index (χ2v) is 5.47. The zero-order chi connectivity index (χ0) is 13.8. The Hall–Kier alpha value is -1.53. The van der Waals surface area contributed by atoms with E-state index in [-0.39, 0.29) is 16.7 Å². The van der Waals surface area contributed by atoms with Gasteiger partial charge in [-0.05, 0) is 32.0 Å². The highest BCUT2D eigenvalue weighted by Gasteiger charge is 2.21. The second kappa shape index (κ2) is 5.88. The molecule has 3 N–H and O–H groups in total. The summed E-state index contributed by atoms with van der Waals surface area (Å²) in [5.41, 5.74) is 5.98. The van der Waals surface area contributed by atoms with Crippen molar-refractivity contribution in [2.24, 2.45) is 0 Å². The zero-order valence-electron chi connectivity index (χ0n) is 10.5. The normalized spacial score (nSPS) is 13.0. The number of sulfonamides is 1. The molecule has 18 heavy (non-hydrogen) atoms. The number of hydrogen-bond acceptors (Lipinski definition) is 4. The number of nitrogens with two attached hydrogens (primary N) is 1. The summed E-state index contributed by atoms with van der Waals surface area (Å²) in [5, 5.41) is 0. The van der Waals surface area contributed by atoms with Crippen LogP contribution in [-0.2, 0) is 10.0 Å². The first-order valence-corrected chi connectivity index (χ1v) is 7.06. The van der Waals surface area contributed by atoms with Crippen molar-refractivity contribution in [3.05, 3.63) is 30.9 Å². The maximum Gasteiger partial charge on any atom is 0.244 e. The van der Waals surface area contributed by atoms with Crippen molar-refractivity contribution in [1.82, 2.24) is 4.72 Å². The Morgan fingerprint density at radius 3 is 2.78 bits per heavy atom. The second-order valence-electron chi connectivity index (χ2n) is 3.78. The fourth-order valence-electron chi connectivity index (χ4n) is 1.37. The summed E-state index contributed by atoms with van der Waals surface area (Å²) >= 11 is 0. The smallest absolute Gasteiger partial charge is 0.244 e. The third-order valence-electron chi connectivity index (χ3n) is 2.25. The predicted octanol–water partition coefficient (Wildman–Crippen LogP) is 1.52. The Kier molecular flexibility index (Phi) is 4.75. The van der Waals surface area contributed by atoms with E-state index >= 15 is 0 Å². The molecule has 0 saturated heterocycles. The highest BCUT2D eigenvalue weighted by molar-refractivity contribution is 7.89. The third-order valence-corrected chi connectivity index (χ3v) is 3.83. The molecule has 1 unspecified atom stereocenters. The Labute approximate surface area is 108 Å². The molecule has 0 fully saturated rings. The van der Waals surface area contributed by atoms with Gasteiger partial charge in [-0.2, -0.15) is 0 Å². The summed E-state index contributed by atoms with van der Waals surface area (Å²) in [5.74, 6) is 0.287. The van der Waals surface area contributed by atoms with Crippen molar-refractivity contribution in [3.63, 3.8) is 0 Å². The van der Waals surface area contributed by atoms with E-state index in [1.807, 2.05) is 0 Å². The van der Waals surface area contributed by atoms with Crippen LogP contribution in [0.4, 0.5) is 5.69 Å². The summed E-state index contributed by atoms with van der Waals surface area (Å²) < 4.78 is 32.1. The first-order chi connectivity index (χ1) is 8.40. The van der Waals surface area contributed by atoms with E-state index in [2.05, 4.69) is 11.3 Å². The molecule has 6 heteroatoms. The van der Waals surface area contributed by atoms with Crippen molar-refractivity contribution >= 4 is 15.7 Å². The lowest BCUT2D eigenvalue weighted by Crippen LogP contribution is -2.31. The molecular weight excluding hydrogens is 252 g/mol. The standard InChI is InChI=1S/C12H18N2O3S/c1-4-9(3)14-18(15,16)12-8-10(13)6-7-11(12)17-5-2/h4,6-9,14H,1,5,13H2,2-3H3. The van der Waals surface area contributed by atoms with E-state index in [4.69, 9.17) is 10.5 Å². The first kappa shape index (κ1) is 14.5. The first-order valence-electron chi connectivity index (χ1n) is 5.58. The van der Waals surface area contributed by atoms with E-state index in [0.717, 1.165) is 0 Å². The summed E-state index contributed by atoms with van der Waals surface area (Å²) in [7, 11) is -3.67. The highest BCUT2D eigenvalue weighted by atomic mass is 32.2. The quantitative estimate of drug-likeness (QED) is 0.606. The van der Waals surface area contributed by atoms with Crippen molar-refractivity contribution < 1.29 is 13.2 Å². The number of nitrogen functional groups attached to an aromatic ring is 1. The van der Waals surface area contributed by atoms with Crippen molar-refractivity contribution in [1.29, 1.82) is 0 Å². The molecule has 1 aromatic rings. The molecule has 0 radical (unpaired) electrons. The number of ether oxygens (including phenoxy) is 1. The van der Waals surface area contributed by atoms with Crippen LogP contribution in [0.1, 0.15) is 13.8 Å². The Bertz CT molecular complexity index is 526. The van der Waals surface area contributed by atoms with Gasteiger partial charge >= 0.3 is 0 Å². The van der Waals surface area contributed by atoms with E-state index in [0.29, 0.717) is 12.3 Å². The Morgan fingerprint density at radius 2 is 2.22 bits per heavy atom. The maximum absolute atomic E-state index is 12.2. The summed E-state index contributed by atoms with van der Waals surface area (Å²) in [6, 6.07) is 4.15. The minimum Gasteiger partial charge on any atom is -0.492 e. The van der Waals surface area contributed by atoms with Crippen LogP contribution in [0.3, 0.4) is 0 Å². The van der Waals surface area contributed by atoms with Crippen LogP contribution >= 0.6 is 0 Å². The molecule has 0 amide bonds. The molecule has 0 heterocycles. The van der Waals surface area contributed by atoms with Crippen LogP contribution in [0.15, 0.2) is 35.7 Å². The lowest BCUT2D eigenvalue weighted by atomic mass is 10.3. The molecule has 0 bridgehead atoms. The minimum absolute atomic E-state index is 0.0399. The average molecular weight is 270 g/mol. The molecule has 0 aliphatic carbocycles. The van der Waals surface area contributed by atoms with Crippen LogP contribution in [-0.4, -0.2) is 21.1 Å². The lowest BCUT2D eigenvalue weighted by Gasteiger charge is -2.14. The summed E-state index contributed by atoms with van der Waals surface area (Å²) in [4.78, 5) is 0.0399. The molecule has 0 aliphatic heterocycles. The third kappa shape index (κ3) is 3.48. The van der Waals surface area contributed by atoms with E-state index < -0.39 is 10.0 Å². The van der Waals surface area contributed by atoms with Crippen LogP contribution in [0.5, 0.6) is 5.75 Å². The zero-order valence-corrected chi connectivity index (χ0v) is 11.3. The van der Waals surface area contributed by atoms with Gasteiger partial charge in [0.2, 0.25) is 10.0 Å².